The molecule has 11 heteroatoms. The lowest BCUT2D eigenvalue weighted by atomic mass is 10.3. The van der Waals surface area contributed by atoms with Crippen LogP contribution >= 0.6 is 12.2 Å². The number of halogens is 4. The highest BCUT2D eigenvalue weighted by molar-refractivity contribution is 7.80. The molecule has 4 rings (SSSR count). The van der Waals surface area contributed by atoms with Crippen LogP contribution in [0.25, 0.3) is 6.08 Å². The van der Waals surface area contributed by atoms with Gasteiger partial charge in [-0.15, -0.1) is 0 Å². The van der Waals surface area contributed by atoms with Gasteiger partial charge in [0.25, 0.3) is 5.91 Å². The SMILES string of the molecule is O=C1/C(=C\c2ccc(COc3c(F)c(F)cc(F)c3F)o2)NC(=S)N1Cc1ccco1. The Kier molecular flexibility index (Phi) is 5.51. The molecular formula is C20H12F4N2O4S. The van der Waals surface area contributed by atoms with Crippen LogP contribution in [0.2, 0.25) is 0 Å². The molecule has 1 aliphatic rings. The van der Waals surface area contributed by atoms with Crippen LogP contribution in [0.1, 0.15) is 17.3 Å². The van der Waals surface area contributed by atoms with Crippen molar-refractivity contribution in [3.8, 4) is 5.75 Å². The number of benzene rings is 1. The minimum Gasteiger partial charge on any atom is -0.479 e. The Morgan fingerprint density at radius 2 is 1.84 bits per heavy atom. The smallest absolute Gasteiger partial charge is 0.277 e. The van der Waals surface area contributed by atoms with Gasteiger partial charge in [0, 0.05) is 12.1 Å². The van der Waals surface area contributed by atoms with E-state index < -0.39 is 41.5 Å². The van der Waals surface area contributed by atoms with Crippen molar-refractivity contribution in [3.05, 3.63) is 82.8 Å². The van der Waals surface area contributed by atoms with E-state index in [9.17, 15) is 22.4 Å². The number of nitrogens with one attached hydrogen (secondary N) is 1. The summed E-state index contributed by atoms with van der Waals surface area (Å²) in [7, 11) is 0. The van der Waals surface area contributed by atoms with Crippen LogP contribution in [0.5, 0.6) is 5.75 Å². The highest BCUT2D eigenvalue weighted by Gasteiger charge is 2.31. The van der Waals surface area contributed by atoms with Gasteiger partial charge in [0.05, 0.1) is 12.8 Å². The first-order chi connectivity index (χ1) is 14.8. The van der Waals surface area contributed by atoms with Crippen molar-refractivity contribution in [3.63, 3.8) is 0 Å². The van der Waals surface area contributed by atoms with Crippen molar-refractivity contribution in [1.29, 1.82) is 0 Å². The number of carbonyl (C=O) groups excluding carboxylic acids is 1. The van der Waals surface area contributed by atoms with E-state index in [1.807, 2.05) is 0 Å². The van der Waals surface area contributed by atoms with E-state index in [2.05, 4.69) is 5.32 Å². The van der Waals surface area contributed by atoms with E-state index in [1.54, 1.807) is 12.1 Å². The standard InChI is InChI=1S/C20H12F4N2O4S/c21-13-7-14(22)17(24)18(16(13)23)29-9-12-4-3-10(30-12)6-15-19(27)26(20(31)25-15)8-11-2-1-5-28-11/h1-7H,8-9H2,(H,25,31)/b15-6+. The second kappa shape index (κ2) is 8.26. The predicted molar refractivity (Wildman–Crippen MR) is 102 cm³/mol. The molecule has 0 bridgehead atoms. The van der Waals surface area contributed by atoms with Gasteiger partial charge in [-0.2, -0.15) is 8.78 Å². The molecule has 0 aliphatic carbocycles. The minimum absolute atomic E-state index is 0.0833. The molecule has 160 valence electrons. The maximum absolute atomic E-state index is 13.7. The summed E-state index contributed by atoms with van der Waals surface area (Å²) in [6, 6.07) is 6.35. The number of hydrogen-bond acceptors (Lipinski definition) is 5. The highest BCUT2D eigenvalue weighted by Crippen LogP contribution is 2.27. The van der Waals surface area contributed by atoms with Crippen LogP contribution in [-0.4, -0.2) is 15.9 Å². The van der Waals surface area contributed by atoms with Gasteiger partial charge in [0.15, 0.2) is 22.5 Å². The highest BCUT2D eigenvalue weighted by atomic mass is 32.1. The fraction of sp³-hybridized carbons (Fsp3) is 0.100. The fourth-order valence-electron chi connectivity index (χ4n) is 2.79. The van der Waals surface area contributed by atoms with Gasteiger partial charge in [0.2, 0.25) is 11.6 Å². The Morgan fingerprint density at radius 1 is 1.10 bits per heavy atom. The molecule has 1 amide bonds. The molecule has 1 aromatic carbocycles. The average Bonchev–Trinajstić information content (AvgIpc) is 3.46. The van der Waals surface area contributed by atoms with E-state index in [-0.39, 0.29) is 34.9 Å². The van der Waals surface area contributed by atoms with Crippen molar-refractivity contribution < 1.29 is 35.9 Å². The molecule has 1 fully saturated rings. The molecule has 1 saturated heterocycles. The Hall–Kier alpha value is -3.60. The molecule has 3 aromatic rings. The summed E-state index contributed by atoms with van der Waals surface area (Å²) in [5.41, 5.74) is 0.141. The van der Waals surface area contributed by atoms with Gasteiger partial charge in [-0.25, -0.2) is 8.78 Å². The van der Waals surface area contributed by atoms with Crippen LogP contribution < -0.4 is 10.1 Å². The van der Waals surface area contributed by atoms with E-state index in [0.717, 1.165) is 0 Å². The molecule has 31 heavy (non-hydrogen) atoms. The quantitative estimate of drug-likeness (QED) is 0.261. The summed E-state index contributed by atoms with van der Waals surface area (Å²) in [5.74, 6) is -7.23. The van der Waals surface area contributed by atoms with Gasteiger partial charge in [-0.05, 0) is 36.5 Å². The molecule has 1 N–H and O–H groups in total. The van der Waals surface area contributed by atoms with E-state index in [0.29, 0.717) is 5.76 Å². The van der Waals surface area contributed by atoms with Gasteiger partial charge >= 0.3 is 0 Å². The average molecular weight is 452 g/mol. The minimum atomic E-state index is -1.65. The normalized spacial score (nSPS) is 15.1. The lowest BCUT2D eigenvalue weighted by Gasteiger charge is -2.11. The number of thiocarbonyl (C=S) groups is 1. The monoisotopic (exact) mass is 452 g/mol. The van der Waals surface area contributed by atoms with Crippen molar-refractivity contribution in [2.75, 3.05) is 0 Å². The van der Waals surface area contributed by atoms with Gasteiger partial charge in [-0.3, -0.25) is 9.69 Å². The van der Waals surface area contributed by atoms with Crippen molar-refractivity contribution in [1.82, 2.24) is 10.2 Å². The maximum Gasteiger partial charge on any atom is 0.277 e. The first-order valence-electron chi connectivity index (χ1n) is 8.75. The number of nitrogens with zero attached hydrogens (tertiary/aromatic N) is 1. The zero-order chi connectivity index (χ0) is 22.1. The summed E-state index contributed by atoms with van der Waals surface area (Å²) < 4.78 is 69.3. The van der Waals surface area contributed by atoms with Crippen LogP contribution in [0.3, 0.4) is 0 Å². The van der Waals surface area contributed by atoms with Crippen LogP contribution in [0.15, 0.2) is 51.1 Å². The second-order valence-corrected chi connectivity index (χ2v) is 6.74. The third-order valence-electron chi connectivity index (χ3n) is 4.26. The molecule has 0 spiro atoms. The zero-order valence-corrected chi connectivity index (χ0v) is 16.3. The summed E-state index contributed by atoms with van der Waals surface area (Å²) in [4.78, 5) is 13.9. The molecule has 1 aliphatic heterocycles. The van der Waals surface area contributed by atoms with Crippen molar-refractivity contribution in [2.24, 2.45) is 0 Å². The summed E-state index contributed by atoms with van der Waals surface area (Å²) in [6.07, 6.45) is 2.86. The molecular weight excluding hydrogens is 440 g/mol. The molecule has 0 radical (unpaired) electrons. The summed E-state index contributed by atoms with van der Waals surface area (Å²) in [5, 5.41) is 2.94. The Balaban J connectivity index is 1.45. The molecule has 0 atom stereocenters. The van der Waals surface area contributed by atoms with Gasteiger partial charge in [0.1, 0.15) is 29.6 Å². The molecule has 6 nitrogen and oxygen atoms in total. The van der Waals surface area contributed by atoms with Crippen LogP contribution in [-0.2, 0) is 17.9 Å². The zero-order valence-electron chi connectivity index (χ0n) is 15.5. The first kappa shape index (κ1) is 20.7. The third-order valence-corrected chi connectivity index (χ3v) is 4.58. The second-order valence-electron chi connectivity index (χ2n) is 6.35. The van der Waals surface area contributed by atoms with Crippen LogP contribution in [0, 0.1) is 23.3 Å². The number of amides is 1. The summed E-state index contributed by atoms with van der Waals surface area (Å²) in [6.45, 7) is -0.363. The fourth-order valence-corrected chi connectivity index (χ4v) is 3.04. The lowest BCUT2D eigenvalue weighted by Crippen LogP contribution is -2.29. The van der Waals surface area contributed by atoms with E-state index in [4.69, 9.17) is 25.8 Å². The molecule has 2 aromatic heterocycles. The predicted octanol–water partition coefficient (Wildman–Crippen LogP) is 4.27. The largest absolute Gasteiger partial charge is 0.479 e. The lowest BCUT2D eigenvalue weighted by molar-refractivity contribution is -0.122. The number of ether oxygens (including phenoxy) is 1. The third kappa shape index (κ3) is 4.17. The Bertz CT molecular complexity index is 1160. The molecule has 0 saturated carbocycles. The molecule has 3 heterocycles. The summed E-state index contributed by atoms with van der Waals surface area (Å²) >= 11 is 5.16. The van der Waals surface area contributed by atoms with Gasteiger partial charge < -0.3 is 18.9 Å². The molecule has 0 unspecified atom stereocenters. The number of furan rings is 2. The Morgan fingerprint density at radius 3 is 2.52 bits per heavy atom. The topological polar surface area (TPSA) is 67.8 Å². The van der Waals surface area contributed by atoms with Gasteiger partial charge in [-0.1, -0.05) is 0 Å². The number of rotatable bonds is 6. The van der Waals surface area contributed by atoms with Crippen molar-refractivity contribution in [2.45, 2.75) is 13.2 Å². The maximum atomic E-state index is 13.7. The van der Waals surface area contributed by atoms with E-state index >= 15 is 0 Å². The first-order valence-corrected chi connectivity index (χ1v) is 9.15. The Labute approximate surface area is 177 Å². The van der Waals surface area contributed by atoms with Crippen LogP contribution in [0.4, 0.5) is 17.6 Å². The number of carbonyl (C=O) groups is 1. The number of hydrogen-bond donors (Lipinski definition) is 1. The van der Waals surface area contributed by atoms with Crippen molar-refractivity contribution >= 4 is 29.3 Å². The van der Waals surface area contributed by atoms with E-state index in [1.165, 1.54) is 29.4 Å².